The van der Waals surface area contributed by atoms with Gasteiger partial charge in [0.1, 0.15) is 6.17 Å². The van der Waals surface area contributed by atoms with Crippen molar-refractivity contribution in [3.8, 4) is 0 Å². The molecule has 0 N–H and O–H groups in total. The molecule has 0 saturated carbocycles. The van der Waals surface area contributed by atoms with Crippen LogP contribution in [0, 0.1) is 0 Å². The predicted octanol–water partition coefficient (Wildman–Crippen LogP) is 1.85. The SMILES string of the molecule is C=C/C(C)=C/C1=NC1N(C)CC. The molecule has 0 amide bonds. The minimum absolute atomic E-state index is 0.338. The summed E-state index contributed by atoms with van der Waals surface area (Å²) in [5, 5.41) is 0. The van der Waals surface area contributed by atoms with Crippen LogP contribution in [0.2, 0.25) is 0 Å². The van der Waals surface area contributed by atoms with E-state index in [0.717, 1.165) is 6.54 Å². The normalized spacial score (nSPS) is 22.5. The number of aliphatic imine (C=N–C) groups is 1. The van der Waals surface area contributed by atoms with Crippen LogP contribution < -0.4 is 0 Å². The van der Waals surface area contributed by atoms with Crippen LogP contribution in [0.3, 0.4) is 0 Å². The molecule has 0 aromatic rings. The smallest absolute Gasteiger partial charge is 0.144 e. The average Bonchev–Trinajstić information content (AvgIpc) is 2.82. The molecular formula is C10H16N2. The van der Waals surface area contributed by atoms with Gasteiger partial charge in [0, 0.05) is 0 Å². The van der Waals surface area contributed by atoms with E-state index in [0.29, 0.717) is 6.17 Å². The zero-order chi connectivity index (χ0) is 9.14. The van der Waals surface area contributed by atoms with Gasteiger partial charge in [0.15, 0.2) is 0 Å². The second kappa shape index (κ2) is 3.68. The summed E-state index contributed by atoms with van der Waals surface area (Å²) in [6.07, 6.45) is 4.28. The highest BCUT2D eigenvalue weighted by Crippen LogP contribution is 2.17. The van der Waals surface area contributed by atoms with Gasteiger partial charge in [-0.3, -0.25) is 9.89 Å². The molecule has 0 bridgehead atoms. The maximum atomic E-state index is 4.33. The molecule has 1 rings (SSSR count). The topological polar surface area (TPSA) is 15.6 Å². The highest BCUT2D eigenvalue weighted by molar-refractivity contribution is 6.09. The largest absolute Gasteiger partial charge is 0.280 e. The van der Waals surface area contributed by atoms with E-state index < -0.39 is 0 Å². The van der Waals surface area contributed by atoms with Gasteiger partial charge in [0.25, 0.3) is 0 Å². The van der Waals surface area contributed by atoms with E-state index in [-0.39, 0.29) is 0 Å². The van der Waals surface area contributed by atoms with Gasteiger partial charge < -0.3 is 0 Å². The predicted molar refractivity (Wildman–Crippen MR) is 53.5 cm³/mol. The first-order valence-corrected chi connectivity index (χ1v) is 4.27. The van der Waals surface area contributed by atoms with Crippen molar-refractivity contribution < 1.29 is 0 Å². The van der Waals surface area contributed by atoms with Gasteiger partial charge in [-0.25, -0.2) is 0 Å². The molecular weight excluding hydrogens is 148 g/mol. The lowest BCUT2D eigenvalue weighted by atomic mass is 10.2. The summed E-state index contributed by atoms with van der Waals surface area (Å²) in [6, 6.07) is 0. The van der Waals surface area contributed by atoms with Crippen LogP contribution in [-0.2, 0) is 0 Å². The van der Waals surface area contributed by atoms with Crippen LogP contribution in [0.5, 0.6) is 0 Å². The zero-order valence-corrected chi connectivity index (χ0v) is 8.04. The van der Waals surface area contributed by atoms with Crippen LogP contribution in [0.15, 0.2) is 29.3 Å². The van der Waals surface area contributed by atoms with Crippen LogP contribution in [0.1, 0.15) is 13.8 Å². The zero-order valence-electron chi connectivity index (χ0n) is 8.04. The Labute approximate surface area is 74.3 Å². The molecule has 1 heterocycles. The van der Waals surface area contributed by atoms with E-state index in [4.69, 9.17) is 0 Å². The molecule has 0 fully saturated rings. The second-order valence-corrected chi connectivity index (χ2v) is 3.09. The molecule has 0 saturated heterocycles. The van der Waals surface area contributed by atoms with Crippen LogP contribution in [0.25, 0.3) is 0 Å². The van der Waals surface area contributed by atoms with Crippen molar-refractivity contribution in [1.29, 1.82) is 0 Å². The Morgan fingerprint density at radius 2 is 2.42 bits per heavy atom. The van der Waals surface area contributed by atoms with Crippen molar-refractivity contribution in [3.63, 3.8) is 0 Å². The Balaban J connectivity index is 2.42. The summed E-state index contributed by atoms with van der Waals surface area (Å²) in [4.78, 5) is 6.54. The lowest BCUT2D eigenvalue weighted by molar-refractivity contribution is 0.351. The molecule has 12 heavy (non-hydrogen) atoms. The fourth-order valence-electron chi connectivity index (χ4n) is 1.01. The third-order valence-corrected chi connectivity index (χ3v) is 2.08. The summed E-state index contributed by atoms with van der Waals surface area (Å²) in [5.74, 6) is 0. The minimum Gasteiger partial charge on any atom is -0.280 e. The number of allylic oxidation sites excluding steroid dienone is 2. The first-order chi connectivity index (χ1) is 5.69. The van der Waals surface area contributed by atoms with Gasteiger partial charge in [0.2, 0.25) is 0 Å². The molecule has 1 aliphatic heterocycles. The minimum atomic E-state index is 0.338. The van der Waals surface area contributed by atoms with Crippen LogP contribution >= 0.6 is 0 Å². The number of nitrogens with zero attached hydrogens (tertiary/aromatic N) is 2. The molecule has 0 aliphatic carbocycles. The van der Waals surface area contributed by atoms with Gasteiger partial charge in [-0.1, -0.05) is 19.6 Å². The standard InChI is InChI=1S/C10H16N2/c1-5-8(3)7-9-10(11-9)12(4)6-2/h5,7,10H,1,6H2,2-4H3/b8-7+. The van der Waals surface area contributed by atoms with Crippen LogP contribution in [0.4, 0.5) is 0 Å². The van der Waals surface area contributed by atoms with E-state index in [1.807, 2.05) is 13.0 Å². The Bertz CT molecular complexity index is 238. The van der Waals surface area contributed by atoms with E-state index >= 15 is 0 Å². The number of rotatable bonds is 4. The Hall–Kier alpha value is -0.890. The van der Waals surface area contributed by atoms with E-state index in [1.54, 1.807) is 0 Å². The quantitative estimate of drug-likeness (QED) is 0.579. The fraction of sp³-hybridized carbons (Fsp3) is 0.500. The monoisotopic (exact) mass is 164 g/mol. The summed E-state index contributed by atoms with van der Waals surface area (Å²) < 4.78 is 0. The third-order valence-electron chi connectivity index (χ3n) is 2.08. The summed E-state index contributed by atoms with van der Waals surface area (Å²) >= 11 is 0. The second-order valence-electron chi connectivity index (χ2n) is 3.09. The molecule has 1 aliphatic rings. The maximum absolute atomic E-state index is 4.33. The lowest BCUT2D eigenvalue weighted by Gasteiger charge is -2.10. The summed E-state index contributed by atoms with van der Waals surface area (Å²) in [6.45, 7) is 8.91. The fourth-order valence-corrected chi connectivity index (χ4v) is 1.01. The van der Waals surface area contributed by atoms with E-state index in [2.05, 4.69) is 36.5 Å². The maximum Gasteiger partial charge on any atom is 0.144 e. The van der Waals surface area contributed by atoms with Crippen molar-refractivity contribution in [2.45, 2.75) is 20.0 Å². The molecule has 0 aromatic heterocycles. The van der Waals surface area contributed by atoms with Crippen molar-refractivity contribution >= 4 is 5.71 Å². The van der Waals surface area contributed by atoms with Crippen molar-refractivity contribution in [2.75, 3.05) is 13.6 Å². The van der Waals surface area contributed by atoms with Crippen LogP contribution in [-0.4, -0.2) is 30.4 Å². The first-order valence-electron chi connectivity index (χ1n) is 4.27. The molecule has 1 unspecified atom stereocenters. The number of hydrogen-bond acceptors (Lipinski definition) is 2. The molecule has 66 valence electrons. The average molecular weight is 164 g/mol. The molecule has 1 atom stereocenters. The molecule has 0 radical (unpaired) electrons. The highest BCUT2D eigenvalue weighted by Gasteiger charge is 2.28. The van der Waals surface area contributed by atoms with Crippen molar-refractivity contribution in [3.05, 3.63) is 24.3 Å². The van der Waals surface area contributed by atoms with Crippen molar-refractivity contribution in [1.82, 2.24) is 4.90 Å². The lowest BCUT2D eigenvalue weighted by Crippen LogP contribution is -2.24. The summed E-state index contributed by atoms with van der Waals surface area (Å²) in [5.41, 5.74) is 2.36. The molecule has 0 spiro atoms. The van der Waals surface area contributed by atoms with Gasteiger partial charge in [-0.05, 0) is 32.2 Å². The summed E-state index contributed by atoms with van der Waals surface area (Å²) in [7, 11) is 2.08. The van der Waals surface area contributed by atoms with Gasteiger partial charge in [-0.2, -0.15) is 0 Å². The molecule has 2 nitrogen and oxygen atoms in total. The van der Waals surface area contributed by atoms with Gasteiger partial charge in [0.05, 0.1) is 5.71 Å². The van der Waals surface area contributed by atoms with Gasteiger partial charge >= 0.3 is 0 Å². The van der Waals surface area contributed by atoms with E-state index in [9.17, 15) is 0 Å². The third kappa shape index (κ3) is 2.05. The Morgan fingerprint density at radius 3 is 2.92 bits per heavy atom. The Morgan fingerprint density at radius 1 is 1.75 bits per heavy atom. The molecule has 2 heteroatoms. The molecule has 0 aromatic carbocycles. The Kier molecular flexibility index (Phi) is 2.82. The number of hydrogen-bond donors (Lipinski definition) is 0. The first kappa shape index (κ1) is 9.20. The van der Waals surface area contributed by atoms with Crippen molar-refractivity contribution in [2.24, 2.45) is 4.99 Å². The van der Waals surface area contributed by atoms with E-state index in [1.165, 1.54) is 11.3 Å². The highest BCUT2D eigenvalue weighted by atomic mass is 15.3. The van der Waals surface area contributed by atoms with Gasteiger partial charge in [-0.15, -0.1) is 0 Å².